The van der Waals surface area contributed by atoms with Gasteiger partial charge in [-0.2, -0.15) is 0 Å². The first-order valence-corrected chi connectivity index (χ1v) is 9.78. The van der Waals surface area contributed by atoms with Crippen LogP contribution in [0.25, 0.3) is 0 Å². The van der Waals surface area contributed by atoms with Crippen molar-refractivity contribution in [3.05, 3.63) is 11.8 Å². The van der Waals surface area contributed by atoms with Gasteiger partial charge < -0.3 is 19.5 Å². The highest BCUT2D eigenvalue weighted by molar-refractivity contribution is 5.91. The van der Waals surface area contributed by atoms with Crippen molar-refractivity contribution < 1.29 is 19.4 Å². The second kappa shape index (κ2) is 9.04. The molecule has 2 aliphatic heterocycles. The zero-order valence-corrected chi connectivity index (χ0v) is 16.3. The summed E-state index contributed by atoms with van der Waals surface area (Å²) in [4.78, 5) is 14.8. The van der Waals surface area contributed by atoms with Gasteiger partial charge in [-0.05, 0) is 56.4 Å². The van der Waals surface area contributed by atoms with E-state index in [4.69, 9.17) is 9.47 Å². The van der Waals surface area contributed by atoms with Crippen molar-refractivity contribution in [3.63, 3.8) is 0 Å². The molecule has 0 spiro atoms. The summed E-state index contributed by atoms with van der Waals surface area (Å²) >= 11 is 0. The Morgan fingerprint density at radius 2 is 2.00 bits per heavy atom. The molecule has 5 heteroatoms. The van der Waals surface area contributed by atoms with Crippen LogP contribution in [-0.2, 0) is 14.3 Å². The van der Waals surface area contributed by atoms with Crippen LogP contribution in [0.15, 0.2) is 11.8 Å². The van der Waals surface area contributed by atoms with Gasteiger partial charge in [-0.1, -0.05) is 20.8 Å². The number of hydrogen-bond acceptors (Lipinski definition) is 4. The van der Waals surface area contributed by atoms with E-state index in [1.165, 1.54) is 6.42 Å². The number of aliphatic hydroxyl groups excluding tert-OH is 1. The summed E-state index contributed by atoms with van der Waals surface area (Å²) in [6, 6.07) is 0. The molecule has 5 nitrogen and oxygen atoms in total. The Bertz CT molecular complexity index is 463. The molecule has 1 saturated heterocycles. The molecule has 0 radical (unpaired) electrons. The molecule has 1 fully saturated rings. The Kier molecular flexibility index (Phi) is 7.32. The van der Waals surface area contributed by atoms with Crippen molar-refractivity contribution in [1.82, 2.24) is 4.90 Å². The first-order valence-electron chi connectivity index (χ1n) is 9.78. The molecule has 144 valence electrons. The van der Waals surface area contributed by atoms with Crippen LogP contribution >= 0.6 is 0 Å². The molecule has 0 aromatic rings. The summed E-state index contributed by atoms with van der Waals surface area (Å²) in [5.41, 5.74) is -0.00726. The number of likely N-dealkylation sites (tertiary alicyclic amines) is 1. The van der Waals surface area contributed by atoms with Gasteiger partial charge in [0.2, 0.25) is 6.29 Å². The molecule has 1 N–H and O–H groups in total. The second-order valence-electron chi connectivity index (χ2n) is 8.25. The number of allylic oxidation sites excluding steroid dienone is 1. The fourth-order valence-electron chi connectivity index (χ4n) is 3.94. The quantitative estimate of drug-likeness (QED) is 0.796. The molecular weight excluding hydrogens is 318 g/mol. The SMILES string of the molecule is CCO[C@H]1OC(C(=O)N2CCCCC2)=C[C@@H](C(C)(C)C)[C@H]1CCCO. The van der Waals surface area contributed by atoms with Gasteiger partial charge >= 0.3 is 0 Å². The van der Waals surface area contributed by atoms with Gasteiger partial charge in [0.1, 0.15) is 0 Å². The number of ether oxygens (including phenoxy) is 2. The number of hydrogen-bond donors (Lipinski definition) is 1. The van der Waals surface area contributed by atoms with E-state index < -0.39 is 6.29 Å². The van der Waals surface area contributed by atoms with Crippen LogP contribution in [0.2, 0.25) is 0 Å². The molecule has 1 amide bonds. The molecule has 0 bridgehead atoms. The Morgan fingerprint density at radius 1 is 1.32 bits per heavy atom. The van der Waals surface area contributed by atoms with Crippen LogP contribution in [0.3, 0.4) is 0 Å². The molecule has 3 atom stereocenters. The summed E-state index contributed by atoms with van der Waals surface area (Å²) in [7, 11) is 0. The van der Waals surface area contributed by atoms with Crippen LogP contribution in [0, 0.1) is 17.3 Å². The van der Waals surface area contributed by atoms with E-state index in [0.717, 1.165) is 32.4 Å². The van der Waals surface area contributed by atoms with E-state index in [2.05, 4.69) is 20.8 Å². The average Bonchev–Trinajstić information content (AvgIpc) is 2.59. The molecule has 2 heterocycles. The summed E-state index contributed by atoms with van der Waals surface area (Å²) < 4.78 is 11.9. The van der Waals surface area contributed by atoms with E-state index in [-0.39, 0.29) is 29.8 Å². The van der Waals surface area contributed by atoms with E-state index in [1.807, 2.05) is 17.9 Å². The third-order valence-electron chi connectivity index (χ3n) is 5.27. The summed E-state index contributed by atoms with van der Waals surface area (Å²) in [6.07, 6.45) is 6.46. The maximum absolute atomic E-state index is 12.9. The lowest BCUT2D eigenvalue weighted by atomic mass is 9.70. The Hall–Kier alpha value is -1.07. The number of carbonyl (C=O) groups excluding carboxylic acids is 1. The van der Waals surface area contributed by atoms with Gasteiger partial charge in [0.15, 0.2) is 5.76 Å². The first kappa shape index (κ1) is 20.2. The molecular formula is C20H35NO4. The highest BCUT2D eigenvalue weighted by atomic mass is 16.7. The van der Waals surface area contributed by atoms with E-state index in [0.29, 0.717) is 18.8 Å². The number of piperidine rings is 1. The molecule has 2 aliphatic rings. The monoisotopic (exact) mass is 353 g/mol. The number of nitrogens with zero attached hydrogens (tertiary/aromatic N) is 1. The first-order chi connectivity index (χ1) is 11.9. The third kappa shape index (κ3) is 5.20. The minimum absolute atomic E-state index is 0.000684. The highest BCUT2D eigenvalue weighted by Crippen LogP contribution is 2.43. The summed E-state index contributed by atoms with van der Waals surface area (Å²) in [5.74, 6) is 0.762. The van der Waals surface area contributed by atoms with E-state index in [1.54, 1.807) is 0 Å². The molecule has 0 aromatic heterocycles. The summed E-state index contributed by atoms with van der Waals surface area (Å²) in [5, 5.41) is 9.25. The van der Waals surface area contributed by atoms with Crippen LogP contribution in [0.4, 0.5) is 0 Å². The maximum Gasteiger partial charge on any atom is 0.288 e. The topological polar surface area (TPSA) is 59.0 Å². The second-order valence-corrected chi connectivity index (χ2v) is 8.25. The van der Waals surface area contributed by atoms with Crippen LogP contribution in [0.1, 0.15) is 59.8 Å². The molecule has 0 aliphatic carbocycles. The number of aliphatic hydroxyl groups is 1. The van der Waals surface area contributed by atoms with Crippen LogP contribution < -0.4 is 0 Å². The number of amides is 1. The standard InChI is InChI=1S/C20H35NO4/c1-5-24-19-15(10-9-13-22)16(20(2,3)4)14-17(25-19)18(23)21-11-7-6-8-12-21/h14-16,19,22H,5-13H2,1-4H3/t15-,16-,19+/m1/s1. The van der Waals surface area contributed by atoms with Gasteiger partial charge in [0.05, 0.1) is 0 Å². The van der Waals surface area contributed by atoms with E-state index >= 15 is 0 Å². The zero-order chi connectivity index (χ0) is 18.4. The predicted octanol–water partition coefficient (Wildman–Crippen LogP) is 3.33. The van der Waals surface area contributed by atoms with Crippen LogP contribution in [-0.4, -0.2) is 48.5 Å². The van der Waals surface area contributed by atoms with Crippen molar-refractivity contribution >= 4 is 5.91 Å². The Balaban J connectivity index is 2.26. The van der Waals surface area contributed by atoms with Crippen molar-refractivity contribution in [2.75, 3.05) is 26.3 Å². The highest BCUT2D eigenvalue weighted by Gasteiger charge is 2.42. The fourth-order valence-corrected chi connectivity index (χ4v) is 3.94. The van der Waals surface area contributed by atoms with Crippen molar-refractivity contribution in [1.29, 1.82) is 0 Å². The van der Waals surface area contributed by atoms with Gasteiger partial charge in [0.25, 0.3) is 5.91 Å². The molecule has 25 heavy (non-hydrogen) atoms. The molecule has 0 saturated carbocycles. The van der Waals surface area contributed by atoms with Gasteiger partial charge in [-0.25, -0.2) is 0 Å². The molecule has 0 aromatic carbocycles. The minimum atomic E-state index is -0.422. The Morgan fingerprint density at radius 3 is 2.56 bits per heavy atom. The lowest BCUT2D eigenvalue weighted by Crippen LogP contribution is -2.45. The predicted molar refractivity (Wildman–Crippen MR) is 97.8 cm³/mol. The maximum atomic E-state index is 12.9. The van der Waals surface area contributed by atoms with Gasteiger partial charge in [-0.3, -0.25) is 4.79 Å². The van der Waals surface area contributed by atoms with Gasteiger partial charge in [-0.15, -0.1) is 0 Å². The smallest absolute Gasteiger partial charge is 0.288 e. The molecule has 0 unspecified atom stereocenters. The number of carbonyl (C=O) groups is 1. The van der Waals surface area contributed by atoms with Crippen molar-refractivity contribution in [3.8, 4) is 0 Å². The van der Waals surface area contributed by atoms with Crippen molar-refractivity contribution in [2.24, 2.45) is 17.3 Å². The van der Waals surface area contributed by atoms with Crippen LogP contribution in [0.5, 0.6) is 0 Å². The Labute approximate surface area is 152 Å². The zero-order valence-electron chi connectivity index (χ0n) is 16.3. The van der Waals surface area contributed by atoms with E-state index in [9.17, 15) is 9.90 Å². The normalized spacial score (nSPS) is 27.6. The van der Waals surface area contributed by atoms with Crippen molar-refractivity contribution in [2.45, 2.75) is 66.1 Å². The third-order valence-corrected chi connectivity index (χ3v) is 5.27. The molecule has 2 rings (SSSR count). The lowest BCUT2D eigenvalue weighted by Gasteiger charge is -2.43. The fraction of sp³-hybridized carbons (Fsp3) is 0.850. The largest absolute Gasteiger partial charge is 0.459 e. The number of rotatable bonds is 6. The summed E-state index contributed by atoms with van der Waals surface area (Å²) in [6.45, 7) is 10.9. The average molecular weight is 354 g/mol. The minimum Gasteiger partial charge on any atom is -0.459 e. The lowest BCUT2D eigenvalue weighted by molar-refractivity contribution is -0.182. The van der Waals surface area contributed by atoms with Gasteiger partial charge in [0, 0.05) is 32.2 Å².